The fraction of sp³-hybridized carbons (Fsp3) is 0.0667. The van der Waals surface area contributed by atoms with Gasteiger partial charge in [0.25, 0.3) is 0 Å². The van der Waals surface area contributed by atoms with Crippen LogP contribution in [0.4, 0.5) is 4.39 Å². The monoisotopic (exact) mass is 395 g/mol. The summed E-state index contributed by atoms with van der Waals surface area (Å²) in [6, 6.07) is 13.0. The summed E-state index contributed by atoms with van der Waals surface area (Å²) in [6.07, 6.45) is 0. The molecule has 2 rings (SSSR count). The lowest BCUT2D eigenvalue weighted by molar-refractivity contribution is 0.0975. The van der Waals surface area contributed by atoms with Crippen LogP contribution in [0.3, 0.4) is 0 Å². The minimum absolute atomic E-state index is 0.0836. The molecule has 0 aliphatic carbocycles. The largest absolute Gasteiger partial charge is 0.292 e. The van der Waals surface area contributed by atoms with Crippen molar-refractivity contribution in [2.45, 2.75) is 5.92 Å². The van der Waals surface area contributed by atoms with Crippen LogP contribution < -0.4 is 0 Å². The fourth-order valence-electron chi connectivity index (χ4n) is 1.82. The summed E-state index contributed by atoms with van der Waals surface area (Å²) >= 11 is 6.42. The quantitative estimate of drug-likeness (QED) is 0.696. The van der Waals surface area contributed by atoms with E-state index in [0.29, 0.717) is 10.0 Å². The van der Waals surface area contributed by atoms with Crippen molar-refractivity contribution in [1.29, 1.82) is 5.26 Å². The average Bonchev–Trinajstić information content (AvgIpc) is 2.39. The second kappa shape index (κ2) is 6.29. The van der Waals surface area contributed by atoms with Gasteiger partial charge >= 0.3 is 0 Å². The van der Waals surface area contributed by atoms with E-state index in [0.717, 1.165) is 4.47 Å². The third kappa shape index (κ3) is 3.14. The lowest BCUT2D eigenvalue weighted by Crippen LogP contribution is -2.13. The van der Waals surface area contributed by atoms with Gasteiger partial charge in [-0.15, -0.1) is 0 Å². The zero-order valence-corrected chi connectivity index (χ0v) is 13.3. The number of Topliss-reactive ketones (excluding diaryl/α,β-unsaturated/α-hetero) is 1. The lowest BCUT2D eigenvalue weighted by atomic mass is 9.92. The predicted octanol–water partition coefficient (Wildman–Crippen LogP) is 4.84. The fourth-order valence-corrected chi connectivity index (χ4v) is 2.57. The molecule has 5 heteroatoms. The molecule has 2 aromatic carbocycles. The molecule has 1 atom stereocenters. The third-order valence-electron chi connectivity index (χ3n) is 2.77. The highest BCUT2D eigenvalue weighted by Gasteiger charge is 2.24. The maximum absolute atomic E-state index is 13.8. The standard InChI is InChI=1S/C15H8Br2FNO/c16-10-3-1-2-9(6-10)13(8-19)15(20)12-5-4-11(17)7-14(12)18/h1-7,13H. The van der Waals surface area contributed by atoms with E-state index >= 15 is 0 Å². The van der Waals surface area contributed by atoms with Crippen LogP contribution in [0.5, 0.6) is 0 Å². The van der Waals surface area contributed by atoms with Crippen LogP contribution in [0, 0.1) is 17.1 Å². The normalized spacial score (nSPS) is 11.7. The molecular weight excluding hydrogens is 389 g/mol. The van der Waals surface area contributed by atoms with Crippen molar-refractivity contribution in [3.05, 3.63) is 68.4 Å². The molecule has 0 aliphatic rings. The number of carbonyl (C=O) groups excluding carboxylic acids is 1. The molecule has 2 nitrogen and oxygen atoms in total. The van der Waals surface area contributed by atoms with Crippen molar-refractivity contribution in [2.75, 3.05) is 0 Å². The Bertz CT molecular complexity index is 709. The maximum atomic E-state index is 13.8. The highest BCUT2D eigenvalue weighted by atomic mass is 79.9. The molecule has 0 radical (unpaired) electrons. The Morgan fingerprint density at radius 3 is 2.45 bits per heavy atom. The zero-order valence-electron chi connectivity index (χ0n) is 10.1. The summed E-state index contributed by atoms with van der Waals surface area (Å²) in [5.74, 6) is -2.21. The molecular formula is C15H8Br2FNO. The second-order valence-corrected chi connectivity index (χ2v) is 5.94. The number of ketones is 1. The van der Waals surface area contributed by atoms with E-state index < -0.39 is 17.5 Å². The minimum Gasteiger partial charge on any atom is -0.292 e. The number of hydrogen-bond acceptors (Lipinski definition) is 2. The first-order valence-electron chi connectivity index (χ1n) is 5.67. The SMILES string of the molecule is N#CC(C(=O)c1ccc(Br)cc1F)c1cccc(Br)c1. The van der Waals surface area contributed by atoms with Gasteiger partial charge in [0.15, 0.2) is 5.78 Å². The van der Waals surface area contributed by atoms with Crippen LogP contribution in [0.2, 0.25) is 0 Å². The van der Waals surface area contributed by atoms with E-state index in [9.17, 15) is 14.4 Å². The topological polar surface area (TPSA) is 40.9 Å². The van der Waals surface area contributed by atoms with E-state index in [4.69, 9.17) is 0 Å². The van der Waals surface area contributed by atoms with Crippen molar-refractivity contribution >= 4 is 37.6 Å². The summed E-state index contributed by atoms with van der Waals surface area (Å²) in [4.78, 5) is 12.3. The van der Waals surface area contributed by atoms with Crippen molar-refractivity contribution in [2.24, 2.45) is 0 Å². The minimum atomic E-state index is -1.02. The molecule has 0 amide bonds. The van der Waals surface area contributed by atoms with Crippen molar-refractivity contribution in [1.82, 2.24) is 0 Å². The Morgan fingerprint density at radius 2 is 1.85 bits per heavy atom. The zero-order chi connectivity index (χ0) is 14.7. The summed E-state index contributed by atoms with van der Waals surface area (Å²) < 4.78 is 15.1. The van der Waals surface area contributed by atoms with Gasteiger partial charge in [0, 0.05) is 8.95 Å². The Morgan fingerprint density at radius 1 is 1.15 bits per heavy atom. The van der Waals surface area contributed by atoms with Crippen LogP contribution in [-0.4, -0.2) is 5.78 Å². The molecule has 0 N–H and O–H groups in total. The molecule has 0 saturated heterocycles. The van der Waals surface area contributed by atoms with Gasteiger partial charge in [-0.25, -0.2) is 4.39 Å². The Kier molecular flexibility index (Phi) is 4.69. The number of benzene rings is 2. The van der Waals surface area contributed by atoms with Gasteiger partial charge in [-0.3, -0.25) is 4.79 Å². The maximum Gasteiger partial charge on any atom is 0.187 e. The van der Waals surface area contributed by atoms with E-state index in [1.54, 1.807) is 30.3 Å². The first kappa shape index (κ1) is 14.9. The smallest absolute Gasteiger partial charge is 0.187 e. The van der Waals surface area contributed by atoms with Crippen molar-refractivity contribution in [3.8, 4) is 6.07 Å². The highest BCUT2D eigenvalue weighted by molar-refractivity contribution is 9.10. The van der Waals surface area contributed by atoms with E-state index in [1.165, 1.54) is 12.1 Å². The summed E-state index contributed by atoms with van der Waals surface area (Å²) in [5, 5.41) is 9.23. The van der Waals surface area contributed by atoms with Crippen LogP contribution in [0.1, 0.15) is 21.8 Å². The van der Waals surface area contributed by atoms with Crippen molar-refractivity contribution in [3.63, 3.8) is 0 Å². The van der Waals surface area contributed by atoms with Crippen LogP contribution in [0.15, 0.2) is 51.4 Å². The molecule has 0 bridgehead atoms. The van der Waals surface area contributed by atoms with Gasteiger partial charge in [-0.1, -0.05) is 44.0 Å². The van der Waals surface area contributed by atoms with E-state index in [1.807, 2.05) is 6.07 Å². The molecule has 0 spiro atoms. The first-order chi connectivity index (χ1) is 9.52. The molecule has 0 aliphatic heterocycles. The van der Waals surface area contributed by atoms with Crippen molar-refractivity contribution < 1.29 is 9.18 Å². The molecule has 1 unspecified atom stereocenters. The van der Waals surface area contributed by atoms with Crippen LogP contribution in [-0.2, 0) is 0 Å². The summed E-state index contributed by atoms with van der Waals surface area (Å²) in [5.41, 5.74) is 0.453. The third-order valence-corrected chi connectivity index (χ3v) is 3.76. The highest BCUT2D eigenvalue weighted by Crippen LogP contribution is 2.25. The number of halogens is 3. The summed E-state index contributed by atoms with van der Waals surface area (Å²) in [7, 11) is 0. The Hall–Kier alpha value is -1.51. The van der Waals surface area contributed by atoms with Gasteiger partial charge in [-0.2, -0.15) is 5.26 Å². The number of nitrogens with zero attached hydrogens (tertiary/aromatic N) is 1. The summed E-state index contributed by atoms with van der Waals surface area (Å²) in [6.45, 7) is 0. The lowest BCUT2D eigenvalue weighted by Gasteiger charge is -2.10. The van der Waals surface area contributed by atoms with Gasteiger partial charge in [-0.05, 0) is 35.9 Å². The number of nitriles is 1. The molecule has 20 heavy (non-hydrogen) atoms. The molecule has 0 aromatic heterocycles. The molecule has 0 heterocycles. The van der Waals surface area contributed by atoms with Crippen LogP contribution in [0.25, 0.3) is 0 Å². The van der Waals surface area contributed by atoms with Gasteiger partial charge < -0.3 is 0 Å². The molecule has 100 valence electrons. The molecule has 0 fully saturated rings. The average molecular weight is 397 g/mol. The van der Waals surface area contributed by atoms with Gasteiger partial charge in [0.05, 0.1) is 11.6 Å². The van der Waals surface area contributed by atoms with E-state index in [-0.39, 0.29) is 5.56 Å². The Balaban J connectivity index is 2.42. The number of rotatable bonds is 3. The van der Waals surface area contributed by atoms with Gasteiger partial charge in [0.1, 0.15) is 11.7 Å². The van der Waals surface area contributed by atoms with E-state index in [2.05, 4.69) is 31.9 Å². The Labute approximate surface area is 132 Å². The number of carbonyl (C=O) groups is 1. The first-order valence-corrected chi connectivity index (χ1v) is 7.26. The van der Waals surface area contributed by atoms with Gasteiger partial charge in [0.2, 0.25) is 0 Å². The second-order valence-electron chi connectivity index (χ2n) is 4.11. The molecule has 2 aromatic rings. The number of hydrogen-bond donors (Lipinski definition) is 0. The van der Waals surface area contributed by atoms with Crippen LogP contribution >= 0.6 is 31.9 Å². The molecule has 0 saturated carbocycles. The predicted molar refractivity (Wildman–Crippen MR) is 80.9 cm³/mol.